The van der Waals surface area contributed by atoms with Crippen molar-refractivity contribution >= 4 is 5.91 Å². The van der Waals surface area contributed by atoms with Gasteiger partial charge in [-0.1, -0.05) is 13.3 Å². The fourth-order valence-electron chi connectivity index (χ4n) is 1.47. The average molecular weight is 201 g/mol. The molecule has 3 heteroatoms. The number of rotatable bonds is 7. The molecule has 0 bridgehead atoms. The van der Waals surface area contributed by atoms with Gasteiger partial charge < -0.3 is 9.80 Å². The molecule has 1 amide bonds. The van der Waals surface area contributed by atoms with E-state index in [2.05, 4.69) is 26.3 Å². The van der Waals surface area contributed by atoms with E-state index in [1.54, 1.807) is 6.92 Å². The Balaban J connectivity index is 3.49. The van der Waals surface area contributed by atoms with E-state index in [0.29, 0.717) is 0 Å². The molecule has 0 aromatic carbocycles. The quantitative estimate of drug-likeness (QED) is 0.489. The van der Waals surface area contributed by atoms with Crippen molar-refractivity contribution in [2.24, 2.45) is 0 Å². The second-order valence-corrected chi connectivity index (χ2v) is 4.57. The van der Waals surface area contributed by atoms with Crippen LogP contribution in [0.5, 0.6) is 0 Å². The summed E-state index contributed by atoms with van der Waals surface area (Å²) in [6.45, 7) is 6.97. The van der Waals surface area contributed by atoms with Gasteiger partial charge in [-0.25, -0.2) is 0 Å². The molecule has 0 saturated carbocycles. The molecule has 0 atom stereocenters. The number of nitrogens with one attached hydrogen (secondary N) is 1. The van der Waals surface area contributed by atoms with Crippen LogP contribution in [-0.2, 0) is 4.79 Å². The molecule has 1 N–H and O–H groups in total. The molecule has 0 aromatic rings. The second-order valence-electron chi connectivity index (χ2n) is 4.57. The van der Waals surface area contributed by atoms with Crippen LogP contribution in [0.4, 0.5) is 0 Å². The Hall–Kier alpha value is -0.570. The van der Waals surface area contributed by atoms with E-state index in [9.17, 15) is 4.79 Å². The topological polar surface area (TPSA) is 29.1 Å². The number of nitrogens with zero attached hydrogens (tertiary/aromatic N) is 1. The van der Waals surface area contributed by atoms with Crippen LogP contribution in [0.15, 0.2) is 0 Å². The Kier molecular flexibility index (Phi) is 6.54. The number of unbranched alkanes of at least 4 members (excludes halogenated alkanes) is 1. The van der Waals surface area contributed by atoms with Crippen LogP contribution >= 0.6 is 0 Å². The SMILES string of the molecule is CCCC[N+](C)(C)CCCNC(C)=O. The maximum absolute atomic E-state index is 10.6. The highest BCUT2D eigenvalue weighted by Crippen LogP contribution is 2.02. The Morgan fingerprint density at radius 3 is 2.29 bits per heavy atom. The smallest absolute Gasteiger partial charge is 0.216 e. The fourth-order valence-corrected chi connectivity index (χ4v) is 1.47. The van der Waals surface area contributed by atoms with Gasteiger partial charge in [-0.2, -0.15) is 0 Å². The largest absolute Gasteiger partial charge is 0.356 e. The van der Waals surface area contributed by atoms with Crippen LogP contribution in [-0.4, -0.2) is 44.1 Å². The van der Waals surface area contributed by atoms with Gasteiger partial charge in [0.05, 0.1) is 27.2 Å². The van der Waals surface area contributed by atoms with E-state index in [-0.39, 0.29) is 5.91 Å². The monoisotopic (exact) mass is 201 g/mol. The van der Waals surface area contributed by atoms with Gasteiger partial charge >= 0.3 is 0 Å². The summed E-state index contributed by atoms with van der Waals surface area (Å²) in [6, 6.07) is 0. The van der Waals surface area contributed by atoms with Gasteiger partial charge in [0.25, 0.3) is 0 Å². The standard InChI is InChI=1S/C11H24N2O/c1-5-6-9-13(3,4)10-7-8-12-11(2)14/h5-10H2,1-4H3/p+1. The molecule has 0 unspecified atom stereocenters. The first kappa shape index (κ1) is 13.4. The van der Waals surface area contributed by atoms with E-state index in [1.165, 1.54) is 19.4 Å². The van der Waals surface area contributed by atoms with Crippen LogP contribution in [0, 0.1) is 0 Å². The minimum atomic E-state index is 0.0730. The van der Waals surface area contributed by atoms with Crippen molar-refractivity contribution in [3.05, 3.63) is 0 Å². The molecule has 0 aliphatic heterocycles. The zero-order valence-electron chi connectivity index (χ0n) is 10.1. The van der Waals surface area contributed by atoms with E-state index in [4.69, 9.17) is 0 Å². The Labute approximate surface area is 88.1 Å². The van der Waals surface area contributed by atoms with Gasteiger partial charge in [-0.05, 0) is 6.42 Å². The van der Waals surface area contributed by atoms with Gasteiger partial charge in [0.1, 0.15) is 0 Å². The minimum Gasteiger partial charge on any atom is -0.356 e. The summed E-state index contributed by atoms with van der Waals surface area (Å²) in [5.41, 5.74) is 0. The van der Waals surface area contributed by atoms with E-state index < -0.39 is 0 Å². The highest BCUT2D eigenvalue weighted by molar-refractivity contribution is 5.72. The maximum Gasteiger partial charge on any atom is 0.216 e. The number of quaternary nitrogens is 1. The average Bonchev–Trinajstić information content (AvgIpc) is 2.09. The first-order valence-electron chi connectivity index (χ1n) is 5.54. The minimum absolute atomic E-state index is 0.0730. The first-order chi connectivity index (χ1) is 6.48. The van der Waals surface area contributed by atoms with Gasteiger partial charge in [0.15, 0.2) is 0 Å². The van der Waals surface area contributed by atoms with Crippen molar-refractivity contribution in [3.8, 4) is 0 Å². The highest BCUT2D eigenvalue weighted by atomic mass is 16.1. The molecule has 3 nitrogen and oxygen atoms in total. The third-order valence-electron chi connectivity index (χ3n) is 2.43. The molecule has 0 saturated heterocycles. The summed E-state index contributed by atoms with van der Waals surface area (Å²) in [5, 5.41) is 2.83. The lowest BCUT2D eigenvalue weighted by Crippen LogP contribution is -2.42. The summed E-state index contributed by atoms with van der Waals surface area (Å²) >= 11 is 0. The third-order valence-corrected chi connectivity index (χ3v) is 2.43. The maximum atomic E-state index is 10.6. The van der Waals surface area contributed by atoms with E-state index >= 15 is 0 Å². The molecular formula is C11H25N2O+. The van der Waals surface area contributed by atoms with Gasteiger partial charge in [-0.3, -0.25) is 4.79 Å². The molecule has 0 aliphatic carbocycles. The van der Waals surface area contributed by atoms with Crippen molar-refractivity contribution < 1.29 is 9.28 Å². The molecule has 0 radical (unpaired) electrons. The Bertz CT molecular complexity index is 167. The number of carbonyl (C=O) groups is 1. The van der Waals surface area contributed by atoms with Gasteiger partial charge in [0, 0.05) is 19.9 Å². The summed E-state index contributed by atoms with van der Waals surface area (Å²) in [4.78, 5) is 10.6. The van der Waals surface area contributed by atoms with Crippen LogP contribution in [0.2, 0.25) is 0 Å². The lowest BCUT2D eigenvalue weighted by molar-refractivity contribution is -0.890. The normalized spacial score (nSPS) is 11.4. The molecular weight excluding hydrogens is 176 g/mol. The molecule has 0 aromatic heterocycles. The second kappa shape index (κ2) is 6.82. The molecule has 0 fully saturated rings. The number of hydrogen-bond acceptors (Lipinski definition) is 1. The number of amides is 1. The number of carbonyl (C=O) groups excluding carboxylic acids is 1. The summed E-state index contributed by atoms with van der Waals surface area (Å²) in [6.07, 6.45) is 3.61. The number of hydrogen-bond donors (Lipinski definition) is 1. The zero-order chi connectivity index (χ0) is 11.0. The molecule has 0 spiro atoms. The highest BCUT2D eigenvalue weighted by Gasteiger charge is 2.12. The zero-order valence-corrected chi connectivity index (χ0v) is 10.1. The third kappa shape index (κ3) is 8.05. The van der Waals surface area contributed by atoms with E-state index in [1.807, 2.05) is 0 Å². The molecule has 0 rings (SSSR count). The predicted molar refractivity (Wildman–Crippen MR) is 60.1 cm³/mol. The molecule has 0 aliphatic rings. The van der Waals surface area contributed by atoms with Crippen molar-refractivity contribution in [2.75, 3.05) is 33.7 Å². The van der Waals surface area contributed by atoms with Crippen LogP contribution in [0.1, 0.15) is 33.1 Å². The van der Waals surface area contributed by atoms with E-state index in [0.717, 1.165) is 24.0 Å². The van der Waals surface area contributed by atoms with Gasteiger partial charge in [0.2, 0.25) is 5.91 Å². The van der Waals surface area contributed by atoms with Crippen molar-refractivity contribution in [2.45, 2.75) is 33.1 Å². The lowest BCUT2D eigenvalue weighted by Gasteiger charge is -2.29. The Morgan fingerprint density at radius 2 is 1.79 bits per heavy atom. The summed E-state index contributed by atoms with van der Waals surface area (Å²) < 4.78 is 1.06. The predicted octanol–water partition coefficient (Wildman–Crippen LogP) is 1.39. The molecule has 84 valence electrons. The fraction of sp³-hybridized carbons (Fsp3) is 0.909. The van der Waals surface area contributed by atoms with Crippen LogP contribution < -0.4 is 5.32 Å². The molecule has 14 heavy (non-hydrogen) atoms. The van der Waals surface area contributed by atoms with Crippen molar-refractivity contribution in [1.29, 1.82) is 0 Å². The van der Waals surface area contributed by atoms with Crippen LogP contribution in [0.3, 0.4) is 0 Å². The molecule has 0 heterocycles. The van der Waals surface area contributed by atoms with Crippen LogP contribution in [0.25, 0.3) is 0 Å². The summed E-state index contributed by atoms with van der Waals surface area (Å²) in [5.74, 6) is 0.0730. The van der Waals surface area contributed by atoms with Crippen molar-refractivity contribution in [3.63, 3.8) is 0 Å². The Morgan fingerprint density at radius 1 is 1.21 bits per heavy atom. The summed E-state index contributed by atoms with van der Waals surface area (Å²) in [7, 11) is 4.51. The lowest BCUT2D eigenvalue weighted by atomic mass is 10.2. The van der Waals surface area contributed by atoms with Gasteiger partial charge in [-0.15, -0.1) is 0 Å². The van der Waals surface area contributed by atoms with Crippen molar-refractivity contribution in [1.82, 2.24) is 5.32 Å². The first-order valence-corrected chi connectivity index (χ1v) is 5.54.